The average Bonchev–Trinajstić information content (AvgIpc) is 2.66. The molecule has 0 atom stereocenters. The number of urea groups is 1. The van der Waals surface area contributed by atoms with Gasteiger partial charge in [0.1, 0.15) is 5.57 Å². The number of hydrogen-bond donors (Lipinski definition) is 1. The zero-order valence-corrected chi connectivity index (χ0v) is 15.7. The molecule has 1 N–H and O–H groups in total. The van der Waals surface area contributed by atoms with Crippen molar-refractivity contribution in [2.45, 2.75) is 57.9 Å². The minimum atomic E-state index is -0.649. The summed E-state index contributed by atoms with van der Waals surface area (Å²) in [7, 11) is 0. The van der Waals surface area contributed by atoms with Crippen LogP contribution in [0.15, 0.2) is 11.8 Å². The third-order valence-corrected chi connectivity index (χ3v) is 5.53. The van der Waals surface area contributed by atoms with Gasteiger partial charge in [0.15, 0.2) is 0 Å². The van der Waals surface area contributed by atoms with Gasteiger partial charge in [-0.2, -0.15) is 0 Å². The summed E-state index contributed by atoms with van der Waals surface area (Å²) in [6, 6.07) is -0.757. The highest BCUT2D eigenvalue weighted by atomic mass is 16.5. The van der Waals surface area contributed by atoms with E-state index in [1.165, 1.54) is 4.90 Å². The van der Waals surface area contributed by atoms with E-state index in [2.05, 4.69) is 5.32 Å². The first-order valence-electron chi connectivity index (χ1n) is 9.82. The Balaban J connectivity index is 1.67. The first-order chi connectivity index (χ1) is 13.0. The summed E-state index contributed by atoms with van der Waals surface area (Å²) < 4.78 is 5.06. The molecule has 3 rings (SSSR count). The largest absolute Gasteiger partial charge is 0.466 e. The Morgan fingerprint density at radius 2 is 1.78 bits per heavy atom. The van der Waals surface area contributed by atoms with Crippen LogP contribution in [0.1, 0.15) is 51.9 Å². The number of esters is 1. The Morgan fingerprint density at radius 1 is 1.11 bits per heavy atom. The third-order valence-electron chi connectivity index (χ3n) is 5.53. The Kier molecular flexibility index (Phi) is 6.13. The number of carbonyl (C=O) groups excluding carboxylic acids is 4. The molecule has 2 saturated heterocycles. The molecule has 0 aromatic carbocycles. The fourth-order valence-electron chi connectivity index (χ4n) is 4.04. The van der Waals surface area contributed by atoms with E-state index in [4.69, 9.17) is 4.74 Å². The second-order valence-electron chi connectivity index (χ2n) is 7.33. The number of imide groups is 2. The molecule has 1 saturated carbocycles. The number of carbonyl (C=O) groups is 4. The van der Waals surface area contributed by atoms with Crippen molar-refractivity contribution < 1.29 is 23.9 Å². The monoisotopic (exact) mass is 377 g/mol. The van der Waals surface area contributed by atoms with Crippen molar-refractivity contribution in [3.8, 4) is 0 Å². The van der Waals surface area contributed by atoms with Crippen LogP contribution in [0.4, 0.5) is 4.79 Å². The summed E-state index contributed by atoms with van der Waals surface area (Å²) in [6.07, 6.45) is 7.41. The quantitative estimate of drug-likeness (QED) is 0.454. The maximum absolute atomic E-state index is 12.9. The van der Waals surface area contributed by atoms with Crippen LogP contribution >= 0.6 is 0 Å². The number of ether oxygens (including phenoxy) is 1. The molecule has 0 bridgehead atoms. The predicted molar refractivity (Wildman–Crippen MR) is 96.3 cm³/mol. The summed E-state index contributed by atoms with van der Waals surface area (Å²) in [6.45, 7) is 3.27. The van der Waals surface area contributed by atoms with Gasteiger partial charge in [0.25, 0.3) is 11.8 Å². The van der Waals surface area contributed by atoms with Gasteiger partial charge in [0.2, 0.25) is 0 Å². The third kappa shape index (κ3) is 4.31. The molecule has 148 valence electrons. The van der Waals surface area contributed by atoms with Crippen LogP contribution in [0.25, 0.3) is 0 Å². The van der Waals surface area contributed by atoms with Gasteiger partial charge in [-0.05, 0) is 32.6 Å². The Bertz CT molecular complexity index is 646. The summed E-state index contributed by atoms with van der Waals surface area (Å²) in [4.78, 5) is 52.2. The van der Waals surface area contributed by atoms with Crippen LogP contribution in [-0.2, 0) is 19.1 Å². The number of hydrogen-bond acceptors (Lipinski definition) is 6. The lowest BCUT2D eigenvalue weighted by Gasteiger charge is -2.36. The van der Waals surface area contributed by atoms with Crippen LogP contribution < -0.4 is 5.32 Å². The standard InChI is InChI=1S/C19H27N3O5/c1-2-27-18(25)13-8-10-21(11-9-13)12-15-16(23)20-19(26)22(17(15)24)14-6-4-3-5-7-14/h12-14H,2-11H2,1H3,(H,20,23,26). The van der Waals surface area contributed by atoms with Gasteiger partial charge in [-0.25, -0.2) is 4.79 Å². The molecule has 2 heterocycles. The summed E-state index contributed by atoms with van der Waals surface area (Å²) in [5, 5.41) is 2.30. The number of nitrogens with one attached hydrogen (secondary N) is 1. The molecule has 1 aliphatic carbocycles. The molecular formula is C19H27N3O5. The van der Waals surface area contributed by atoms with Crippen molar-refractivity contribution >= 4 is 23.8 Å². The zero-order valence-electron chi connectivity index (χ0n) is 15.7. The van der Waals surface area contributed by atoms with Gasteiger partial charge in [-0.15, -0.1) is 0 Å². The highest BCUT2D eigenvalue weighted by molar-refractivity contribution is 6.28. The molecule has 8 nitrogen and oxygen atoms in total. The number of rotatable bonds is 4. The van der Waals surface area contributed by atoms with Crippen molar-refractivity contribution in [3.63, 3.8) is 0 Å². The van der Waals surface area contributed by atoms with Crippen LogP contribution in [0.3, 0.4) is 0 Å². The summed E-state index contributed by atoms with van der Waals surface area (Å²) >= 11 is 0. The molecule has 3 aliphatic rings. The molecular weight excluding hydrogens is 350 g/mol. The molecule has 0 aromatic rings. The number of amides is 4. The molecule has 2 aliphatic heterocycles. The minimum absolute atomic E-state index is 0.00485. The fraction of sp³-hybridized carbons (Fsp3) is 0.684. The fourth-order valence-corrected chi connectivity index (χ4v) is 4.04. The van der Waals surface area contributed by atoms with E-state index >= 15 is 0 Å². The first kappa shape index (κ1) is 19.4. The van der Waals surface area contributed by atoms with Gasteiger partial charge >= 0.3 is 12.0 Å². The van der Waals surface area contributed by atoms with E-state index in [0.717, 1.165) is 32.1 Å². The number of barbiturate groups is 1. The van der Waals surface area contributed by atoms with Gasteiger partial charge in [0, 0.05) is 25.3 Å². The second kappa shape index (κ2) is 8.54. The van der Waals surface area contributed by atoms with E-state index in [9.17, 15) is 19.2 Å². The maximum atomic E-state index is 12.9. The molecule has 0 radical (unpaired) electrons. The van der Waals surface area contributed by atoms with Crippen molar-refractivity contribution in [3.05, 3.63) is 11.8 Å². The zero-order chi connectivity index (χ0) is 19.4. The van der Waals surface area contributed by atoms with E-state index in [1.54, 1.807) is 13.1 Å². The van der Waals surface area contributed by atoms with Gasteiger partial charge < -0.3 is 9.64 Å². The van der Waals surface area contributed by atoms with Gasteiger partial charge in [0.05, 0.1) is 12.5 Å². The van der Waals surface area contributed by atoms with Crippen molar-refractivity contribution in [1.82, 2.24) is 15.1 Å². The number of nitrogens with zero attached hydrogens (tertiary/aromatic N) is 2. The Hall–Kier alpha value is -2.38. The Labute approximate surface area is 158 Å². The lowest BCUT2D eigenvalue weighted by atomic mass is 9.93. The average molecular weight is 377 g/mol. The van der Waals surface area contributed by atoms with Gasteiger partial charge in [-0.3, -0.25) is 24.6 Å². The smallest absolute Gasteiger partial charge is 0.331 e. The second-order valence-corrected chi connectivity index (χ2v) is 7.33. The maximum Gasteiger partial charge on any atom is 0.331 e. The topological polar surface area (TPSA) is 96.0 Å². The van der Waals surface area contributed by atoms with Crippen LogP contribution in [-0.4, -0.2) is 59.4 Å². The van der Waals surface area contributed by atoms with Crippen LogP contribution in [0.5, 0.6) is 0 Å². The van der Waals surface area contributed by atoms with E-state index in [0.29, 0.717) is 32.5 Å². The molecule has 0 aromatic heterocycles. The molecule has 3 fully saturated rings. The van der Waals surface area contributed by atoms with Crippen molar-refractivity contribution in [2.75, 3.05) is 19.7 Å². The molecule has 0 spiro atoms. The van der Waals surface area contributed by atoms with Crippen LogP contribution in [0.2, 0.25) is 0 Å². The SMILES string of the molecule is CCOC(=O)C1CCN(C=C2C(=O)NC(=O)N(C3CCCCC3)C2=O)CC1. The molecule has 8 heteroatoms. The van der Waals surface area contributed by atoms with Crippen molar-refractivity contribution in [2.24, 2.45) is 5.92 Å². The number of likely N-dealkylation sites (tertiary alicyclic amines) is 1. The normalized spacial score (nSPS) is 24.3. The predicted octanol–water partition coefficient (Wildman–Crippen LogP) is 1.56. The lowest BCUT2D eigenvalue weighted by molar-refractivity contribution is -0.149. The summed E-state index contributed by atoms with van der Waals surface area (Å²) in [5.41, 5.74) is -0.00485. The number of piperidine rings is 1. The molecule has 0 unspecified atom stereocenters. The lowest BCUT2D eigenvalue weighted by Crippen LogP contribution is -2.58. The first-order valence-corrected chi connectivity index (χ1v) is 9.82. The summed E-state index contributed by atoms with van der Waals surface area (Å²) in [5.74, 6) is -1.49. The van der Waals surface area contributed by atoms with E-state index in [1.807, 2.05) is 4.90 Å². The Morgan fingerprint density at radius 3 is 2.41 bits per heavy atom. The molecule has 27 heavy (non-hydrogen) atoms. The minimum Gasteiger partial charge on any atom is -0.466 e. The van der Waals surface area contributed by atoms with Crippen molar-refractivity contribution in [1.29, 1.82) is 0 Å². The highest BCUT2D eigenvalue weighted by Gasteiger charge is 2.40. The van der Waals surface area contributed by atoms with E-state index in [-0.39, 0.29) is 23.5 Å². The highest BCUT2D eigenvalue weighted by Crippen LogP contribution is 2.26. The van der Waals surface area contributed by atoms with Gasteiger partial charge in [-0.1, -0.05) is 19.3 Å². The van der Waals surface area contributed by atoms with E-state index < -0.39 is 17.8 Å². The van der Waals surface area contributed by atoms with Crippen LogP contribution in [0, 0.1) is 5.92 Å². The molecule has 4 amide bonds.